The molecule has 1 atom stereocenters. The Morgan fingerprint density at radius 2 is 2.33 bits per heavy atom. The first-order valence-corrected chi connectivity index (χ1v) is 4.91. The normalized spacial score (nSPS) is 12.2. The van der Waals surface area contributed by atoms with E-state index in [-0.39, 0.29) is 11.7 Å². The highest BCUT2D eigenvalue weighted by atomic mass is 16.5. The second-order valence-corrected chi connectivity index (χ2v) is 3.46. The fourth-order valence-electron chi connectivity index (χ4n) is 1.09. The molecule has 0 radical (unpaired) electrons. The van der Waals surface area contributed by atoms with Gasteiger partial charge in [-0.25, -0.2) is 4.79 Å². The maximum Gasteiger partial charge on any atom is 0.341 e. The Morgan fingerprint density at radius 3 is 2.87 bits per heavy atom. The summed E-state index contributed by atoms with van der Waals surface area (Å²) in [5.41, 5.74) is 0.860. The van der Waals surface area contributed by atoms with Gasteiger partial charge in [0, 0.05) is 18.0 Å². The SMILES string of the molecule is CCC(C)Oc1cc(C)ncc1C(=O)O. The van der Waals surface area contributed by atoms with Crippen LogP contribution in [0.3, 0.4) is 0 Å². The van der Waals surface area contributed by atoms with Crippen LogP contribution in [0, 0.1) is 6.92 Å². The number of carboxylic acids is 1. The van der Waals surface area contributed by atoms with Crippen LogP contribution in [0.15, 0.2) is 12.3 Å². The molecule has 4 heteroatoms. The molecule has 82 valence electrons. The van der Waals surface area contributed by atoms with Crippen LogP contribution in [-0.4, -0.2) is 22.2 Å². The van der Waals surface area contributed by atoms with Crippen molar-refractivity contribution in [2.75, 3.05) is 0 Å². The van der Waals surface area contributed by atoms with E-state index in [9.17, 15) is 4.79 Å². The number of aryl methyl sites for hydroxylation is 1. The molecule has 0 aliphatic heterocycles. The van der Waals surface area contributed by atoms with E-state index in [1.807, 2.05) is 13.8 Å². The number of carboxylic acid groups (broad SMARTS) is 1. The molecule has 4 nitrogen and oxygen atoms in total. The number of rotatable bonds is 4. The minimum Gasteiger partial charge on any atom is -0.490 e. The third-order valence-electron chi connectivity index (χ3n) is 2.14. The lowest BCUT2D eigenvalue weighted by Gasteiger charge is -2.14. The van der Waals surface area contributed by atoms with Crippen molar-refractivity contribution >= 4 is 5.97 Å². The summed E-state index contributed by atoms with van der Waals surface area (Å²) in [6, 6.07) is 1.65. The van der Waals surface area contributed by atoms with Gasteiger partial charge in [-0.15, -0.1) is 0 Å². The molecule has 0 aromatic carbocycles. The summed E-state index contributed by atoms with van der Waals surface area (Å²) >= 11 is 0. The fourth-order valence-corrected chi connectivity index (χ4v) is 1.09. The van der Waals surface area contributed by atoms with E-state index < -0.39 is 5.97 Å². The van der Waals surface area contributed by atoms with Crippen molar-refractivity contribution in [3.05, 3.63) is 23.5 Å². The second kappa shape index (κ2) is 4.77. The smallest absolute Gasteiger partial charge is 0.341 e. The molecule has 0 saturated heterocycles. The van der Waals surface area contributed by atoms with Crippen LogP contribution in [0.2, 0.25) is 0 Å². The van der Waals surface area contributed by atoms with Crippen LogP contribution in [0.5, 0.6) is 5.75 Å². The highest BCUT2D eigenvalue weighted by Crippen LogP contribution is 2.20. The van der Waals surface area contributed by atoms with Gasteiger partial charge in [0.1, 0.15) is 11.3 Å². The number of hydrogen-bond acceptors (Lipinski definition) is 3. The molecule has 1 heterocycles. The van der Waals surface area contributed by atoms with E-state index in [1.165, 1.54) is 6.20 Å². The molecule has 0 aliphatic rings. The van der Waals surface area contributed by atoms with Crippen LogP contribution >= 0.6 is 0 Å². The molecule has 0 saturated carbocycles. The predicted octanol–water partition coefficient (Wildman–Crippen LogP) is 2.27. The monoisotopic (exact) mass is 209 g/mol. The van der Waals surface area contributed by atoms with Gasteiger partial charge in [-0.3, -0.25) is 4.98 Å². The van der Waals surface area contributed by atoms with Gasteiger partial charge in [0.05, 0.1) is 6.10 Å². The Labute approximate surface area is 88.9 Å². The van der Waals surface area contributed by atoms with E-state index in [4.69, 9.17) is 9.84 Å². The topological polar surface area (TPSA) is 59.4 Å². The molecule has 0 amide bonds. The maximum absolute atomic E-state index is 10.9. The van der Waals surface area contributed by atoms with Crippen molar-refractivity contribution in [3.63, 3.8) is 0 Å². The standard InChI is InChI=1S/C11H15NO3/c1-4-8(3)15-10-5-7(2)12-6-9(10)11(13)14/h5-6,8H,4H2,1-3H3,(H,13,14). The quantitative estimate of drug-likeness (QED) is 0.826. The number of aromatic carboxylic acids is 1. The average molecular weight is 209 g/mol. The number of ether oxygens (including phenoxy) is 1. The first kappa shape index (κ1) is 11.5. The number of nitrogens with zero attached hydrogens (tertiary/aromatic N) is 1. The van der Waals surface area contributed by atoms with Gasteiger partial charge in [-0.05, 0) is 20.3 Å². The van der Waals surface area contributed by atoms with Crippen LogP contribution in [0.1, 0.15) is 36.3 Å². The third-order valence-corrected chi connectivity index (χ3v) is 2.14. The predicted molar refractivity (Wildman–Crippen MR) is 56.3 cm³/mol. The van der Waals surface area contributed by atoms with E-state index >= 15 is 0 Å². The zero-order valence-corrected chi connectivity index (χ0v) is 9.15. The summed E-state index contributed by atoms with van der Waals surface area (Å²) in [6.07, 6.45) is 2.17. The lowest BCUT2D eigenvalue weighted by atomic mass is 10.2. The van der Waals surface area contributed by atoms with E-state index in [0.717, 1.165) is 12.1 Å². The van der Waals surface area contributed by atoms with Gasteiger partial charge in [-0.1, -0.05) is 6.92 Å². The summed E-state index contributed by atoms with van der Waals surface area (Å²) in [4.78, 5) is 14.8. The molecular formula is C11H15NO3. The van der Waals surface area contributed by atoms with Gasteiger partial charge >= 0.3 is 5.97 Å². The van der Waals surface area contributed by atoms with Crippen molar-refractivity contribution in [3.8, 4) is 5.75 Å². The van der Waals surface area contributed by atoms with Crippen LogP contribution in [-0.2, 0) is 0 Å². The van der Waals surface area contributed by atoms with Crippen LogP contribution in [0.4, 0.5) is 0 Å². The summed E-state index contributed by atoms with van der Waals surface area (Å²) in [5.74, 6) is -0.620. The van der Waals surface area contributed by atoms with Crippen molar-refractivity contribution in [2.45, 2.75) is 33.3 Å². The highest BCUT2D eigenvalue weighted by Gasteiger charge is 2.13. The third kappa shape index (κ3) is 2.94. The Hall–Kier alpha value is -1.58. The zero-order chi connectivity index (χ0) is 11.4. The van der Waals surface area contributed by atoms with E-state index in [0.29, 0.717) is 5.75 Å². The molecule has 1 aromatic heterocycles. The average Bonchev–Trinajstić information content (AvgIpc) is 2.17. The van der Waals surface area contributed by atoms with Gasteiger partial charge in [0.25, 0.3) is 0 Å². The molecule has 0 bridgehead atoms. The van der Waals surface area contributed by atoms with Crippen molar-refractivity contribution < 1.29 is 14.6 Å². The summed E-state index contributed by atoms with van der Waals surface area (Å²) < 4.78 is 5.52. The fraction of sp³-hybridized carbons (Fsp3) is 0.455. The molecule has 1 N–H and O–H groups in total. The lowest BCUT2D eigenvalue weighted by molar-refractivity contribution is 0.0689. The Bertz CT molecular complexity index is 363. The minimum atomic E-state index is -1.01. The van der Waals surface area contributed by atoms with Gasteiger partial charge in [-0.2, -0.15) is 0 Å². The molecule has 0 spiro atoms. The Kier molecular flexibility index (Phi) is 3.66. The first-order valence-electron chi connectivity index (χ1n) is 4.91. The van der Waals surface area contributed by atoms with E-state index in [1.54, 1.807) is 13.0 Å². The Balaban J connectivity index is 3.02. The zero-order valence-electron chi connectivity index (χ0n) is 9.15. The summed E-state index contributed by atoms with van der Waals surface area (Å²) in [5, 5.41) is 8.92. The van der Waals surface area contributed by atoms with Crippen molar-refractivity contribution in [1.82, 2.24) is 4.98 Å². The second-order valence-electron chi connectivity index (χ2n) is 3.46. The van der Waals surface area contributed by atoms with Crippen molar-refractivity contribution in [2.24, 2.45) is 0 Å². The minimum absolute atomic E-state index is 0.00454. The molecule has 1 aromatic rings. The maximum atomic E-state index is 10.9. The van der Waals surface area contributed by atoms with Gasteiger partial charge in [0.15, 0.2) is 0 Å². The molecular weight excluding hydrogens is 194 g/mol. The number of pyridine rings is 1. The van der Waals surface area contributed by atoms with E-state index in [2.05, 4.69) is 4.98 Å². The van der Waals surface area contributed by atoms with Gasteiger partial charge < -0.3 is 9.84 Å². The molecule has 0 fully saturated rings. The first-order chi connectivity index (χ1) is 7.04. The Morgan fingerprint density at radius 1 is 1.67 bits per heavy atom. The van der Waals surface area contributed by atoms with Crippen LogP contribution < -0.4 is 4.74 Å². The van der Waals surface area contributed by atoms with Gasteiger partial charge in [0.2, 0.25) is 0 Å². The highest BCUT2D eigenvalue weighted by molar-refractivity contribution is 5.90. The molecule has 1 unspecified atom stereocenters. The lowest BCUT2D eigenvalue weighted by Crippen LogP contribution is -2.13. The van der Waals surface area contributed by atoms with Crippen molar-refractivity contribution in [1.29, 1.82) is 0 Å². The number of aromatic nitrogens is 1. The molecule has 1 rings (SSSR count). The molecule has 0 aliphatic carbocycles. The summed E-state index contributed by atoms with van der Waals surface area (Å²) in [7, 11) is 0. The van der Waals surface area contributed by atoms with Crippen LogP contribution in [0.25, 0.3) is 0 Å². The molecule has 15 heavy (non-hydrogen) atoms. The summed E-state index contributed by atoms with van der Waals surface area (Å²) in [6.45, 7) is 5.69. The number of hydrogen-bond donors (Lipinski definition) is 1. The number of carbonyl (C=O) groups is 1. The largest absolute Gasteiger partial charge is 0.490 e.